The minimum Gasteiger partial charge on any atom is -0.374 e. The highest BCUT2D eigenvalue weighted by molar-refractivity contribution is 14.2. The highest BCUT2D eigenvalue weighted by atomic mass is 127. The molecular formula is C25H21F2IN6OS2. The first kappa shape index (κ1) is 24.9. The molecule has 1 saturated heterocycles. The quantitative estimate of drug-likeness (QED) is 0.212. The van der Waals surface area contributed by atoms with Gasteiger partial charge >= 0.3 is 0 Å². The summed E-state index contributed by atoms with van der Waals surface area (Å²) in [6.45, 7) is 3.52. The number of nitrogens with one attached hydrogen (secondary N) is 1. The predicted octanol–water partition coefficient (Wildman–Crippen LogP) is 6.15. The van der Waals surface area contributed by atoms with Crippen molar-refractivity contribution in [2.24, 2.45) is 0 Å². The number of halogens is 3. The minimum atomic E-state index is -0.403. The van der Waals surface area contributed by atoms with Gasteiger partial charge in [0.2, 0.25) is 0 Å². The molecule has 12 heteroatoms. The molecule has 7 nitrogen and oxygen atoms in total. The number of aromatic nitrogens is 4. The Hall–Kier alpha value is -2.39. The number of thiophene rings is 1. The van der Waals surface area contributed by atoms with Crippen LogP contribution < -0.4 is 5.32 Å². The molecular weight excluding hydrogens is 629 g/mol. The zero-order valence-electron chi connectivity index (χ0n) is 19.4. The van der Waals surface area contributed by atoms with E-state index < -0.39 is 5.82 Å². The van der Waals surface area contributed by atoms with Gasteiger partial charge in [-0.1, -0.05) is 12.1 Å². The molecule has 4 aromatic heterocycles. The fraction of sp³-hybridized carbons (Fsp3) is 0.240. The molecule has 0 amide bonds. The van der Waals surface area contributed by atoms with Crippen molar-refractivity contribution in [3.63, 3.8) is 0 Å². The Kier molecular flexibility index (Phi) is 7.25. The third-order valence-corrected chi connectivity index (χ3v) is 8.77. The SMILES string of the molecule is Fc1ccc(CN2CCOC(CNc3nc(-c4cn(SI)c5ncc(F)cc45)nc4sccc34)C2)cc1. The zero-order chi connectivity index (χ0) is 25.4. The summed E-state index contributed by atoms with van der Waals surface area (Å²) in [6.07, 6.45) is 3.08. The third-order valence-electron chi connectivity index (χ3n) is 6.26. The Morgan fingerprint density at radius 1 is 1.14 bits per heavy atom. The second kappa shape index (κ2) is 10.8. The van der Waals surface area contributed by atoms with Crippen molar-refractivity contribution < 1.29 is 13.5 Å². The molecule has 1 N–H and O–H groups in total. The zero-order valence-corrected chi connectivity index (χ0v) is 23.2. The van der Waals surface area contributed by atoms with Crippen molar-refractivity contribution in [3.05, 3.63) is 71.4 Å². The van der Waals surface area contributed by atoms with Crippen LogP contribution in [0.4, 0.5) is 14.6 Å². The summed E-state index contributed by atoms with van der Waals surface area (Å²) in [5.74, 6) is 0.602. The van der Waals surface area contributed by atoms with E-state index in [0.717, 1.165) is 41.0 Å². The summed E-state index contributed by atoms with van der Waals surface area (Å²) in [5.41, 5.74) is 2.46. The molecule has 1 unspecified atom stereocenters. The molecule has 1 atom stereocenters. The van der Waals surface area contributed by atoms with Gasteiger partial charge in [0, 0.05) is 73.7 Å². The van der Waals surface area contributed by atoms with Crippen molar-refractivity contribution >= 4 is 68.7 Å². The summed E-state index contributed by atoms with van der Waals surface area (Å²) in [5, 5.41) is 7.06. The smallest absolute Gasteiger partial charge is 0.165 e. The molecule has 5 heterocycles. The van der Waals surface area contributed by atoms with E-state index in [9.17, 15) is 8.78 Å². The lowest BCUT2D eigenvalue weighted by molar-refractivity contribution is -0.0240. The second-order valence-corrected chi connectivity index (χ2v) is 11.3. The van der Waals surface area contributed by atoms with Crippen molar-refractivity contribution in [1.82, 2.24) is 23.8 Å². The molecule has 0 saturated carbocycles. The van der Waals surface area contributed by atoms with Crippen LogP contribution in [0, 0.1) is 11.6 Å². The van der Waals surface area contributed by atoms with E-state index in [2.05, 4.69) is 36.4 Å². The van der Waals surface area contributed by atoms with E-state index >= 15 is 0 Å². The van der Waals surface area contributed by atoms with Crippen molar-refractivity contribution in [3.8, 4) is 11.4 Å². The maximum atomic E-state index is 14.1. The molecule has 1 aliphatic rings. The van der Waals surface area contributed by atoms with Crippen LogP contribution in [0.3, 0.4) is 0 Å². The number of rotatable bonds is 7. The molecule has 190 valence electrons. The van der Waals surface area contributed by atoms with Gasteiger partial charge in [-0.15, -0.1) is 11.3 Å². The average molecular weight is 651 g/mol. The molecule has 0 radical (unpaired) electrons. The second-order valence-electron chi connectivity index (χ2n) is 8.73. The highest BCUT2D eigenvalue weighted by Crippen LogP contribution is 2.35. The van der Waals surface area contributed by atoms with Gasteiger partial charge in [0.05, 0.1) is 24.3 Å². The van der Waals surface area contributed by atoms with Gasteiger partial charge in [-0.2, -0.15) is 0 Å². The van der Waals surface area contributed by atoms with Crippen LogP contribution in [0.5, 0.6) is 0 Å². The van der Waals surface area contributed by atoms with Gasteiger partial charge in [-0.25, -0.2) is 23.7 Å². The average Bonchev–Trinajstić information content (AvgIpc) is 3.53. The number of hydrogen-bond donors (Lipinski definition) is 1. The normalized spacial score (nSPS) is 16.6. The lowest BCUT2D eigenvalue weighted by atomic mass is 10.2. The number of nitrogens with zero attached hydrogens (tertiary/aromatic N) is 5. The van der Waals surface area contributed by atoms with Crippen molar-refractivity contribution in [2.75, 3.05) is 31.6 Å². The van der Waals surface area contributed by atoms with Gasteiger partial charge < -0.3 is 10.1 Å². The maximum absolute atomic E-state index is 14.1. The molecule has 37 heavy (non-hydrogen) atoms. The van der Waals surface area contributed by atoms with Gasteiger partial charge in [0.25, 0.3) is 0 Å². The first-order chi connectivity index (χ1) is 18.1. The fourth-order valence-electron chi connectivity index (χ4n) is 4.50. The predicted molar refractivity (Wildman–Crippen MR) is 153 cm³/mol. The first-order valence-electron chi connectivity index (χ1n) is 11.6. The molecule has 0 aliphatic carbocycles. The number of pyridine rings is 1. The largest absolute Gasteiger partial charge is 0.374 e. The molecule has 0 spiro atoms. The maximum Gasteiger partial charge on any atom is 0.165 e. The van der Waals surface area contributed by atoms with Crippen molar-refractivity contribution in [2.45, 2.75) is 12.6 Å². The molecule has 1 fully saturated rings. The highest BCUT2D eigenvalue weighted by Gasteiger charge is 2.22. The summed E-state index contributed by atoms with van der Waals surface area (Å²) in [7, 11) is 1.45. The molecule has 0 bridgehead atoms. The van der Waals surface area contributed by atoms with Crippen LogP contribution in [0.2, 0.25) is 0 Å². The minimum absolute atomic E-state index is 0.0306. The van der Waals surface area contributed by atoms with Crippen LogP contribution >= 0.6 is 41.7 Å². The molecule has 1 aromatic carbocycles. The van der Waals surface area contributed by atoms with E-state index in [4.69, 9.17) is 14.7 Å². The number of ether oxygens (including phenoxy) is 1. The standard InChI is InChI=1S/C25H21F2IN6OS2/c26-16-3-1-15(2-4-16)12-33-6-7-35-18(13-33)11-29-22-19-5-8-36-25(19)32-23(31-22)21-14-34(37-28)24-20(21)9-17(27)10-30-24/h1-5,8-10,14,18H,6-7,11-13H2,(H,29,31,32). The summed E-state index contributed by atoms with van der Waals surface area (Å²) in [6, 6.07) is 10.1. The van der Waals surface area contributed by atoms with Gasteiger partial charge in [0.1, 0.15) is 22.3 Å². The topological polar surface area (TPSA) is 68.1 Å². The van der Waals surface area contributed by atoms with E-state index in [0.29, 0.717) is 35.8 Å². The Morgan fingerprint density at radius 2 is 2.00 bits per heavy atom. The summed E-state index contributed by atoms with van der Waals surface area (Å²) < 4.78 is 35.2. The number of fused-ring (bicyclic) bond motifs is 2. The number of anilines is 1. The van der Waals surface area contributed by atoms with E-state index in [1.165, 1.54) is 44.9 Å². The van der Waals surface area contributed by atoms with Crippen LogP contribution in [-0.4, -0.2) is 56.2 Å². The van der Waals surface area contributed by atoms with Crippen LogP contribution in [0.1, 0.15) is 5.56 Å². The Morgan fingerprint density at radius 3 is 2.84 bits per heavy atom. The van der Waals surface area contributed by atoms with Gasteiger partial charge in [-0.05, 0) is 35.2 Å². The third kappa shape index (κ3) is 5.30. The molecule has 5 aromatic rings. The fourth-order valence-corrected chi connectivity index (χ4v) is 6.52. The van der Waals surface area contributed by atoms with Crippen molar-refractivity contribution in [1.29, 1.82) is 0 Å². The first-order valence-corrected chi connectivity index (χ1v) is 15.8. The number of morpholine rings is 1. The number of hydrogen-bond acceptors (Lipinski definition) is 8. The Balaban J connectivity index is 1.24. The monoisotopic (exact) mass is 650 g/mol. The van der Waals surface area contributed by atoms with E-state index in [1.54, 1.807) is 0 Å². The Bertz CT molecular complexity index is 1560. The lowest BCUT2D eigenvalue weighted by Crippen LogP contribution is -2.44. The van der Waals surface area contributed by atoms with Crippen LogP contribution in [0.25, 0.3) is 32.6 Å². The molecule has 6 rings (SSSR count). The molecule has 1 aliphatic heterocycles. The number of benzene rings is 1. The lowest BCUT2D eigenvalue weighted by Gasteiger charge is -2.33. The van der Waals surface area contributed by atoms with E-state index in [-0.39, 0.29) is 11.9 Å². The van der Waals surface area contributed by atoms with Crippen LogP contribution in [-0.2, 0) is 11.3 Å². The van der Waals surface area contributed by atoms with E-state index in [1.807, 2.05) is 33.7 Å². The Labute approximate surface area is 232 Å². The summed E-state index contributed by atoms with van der Waals surface area (Å²) >= 11 is 3.71. The van der Waals surface area contributed by atoms with Crippen LogP contribution in [0.15, 0.2) is 54.2 Å². The van der Waals surface area contributed by atoms with Gasteiger partial charge in [0.15, 0.2) is 11.5 Å². The van der Waals surface area contributed by atoms with Gasteiger partial charge in [-0.3, -0.25) is 8.87 Å². The summed E-state index contributed by atoms with van der Waals surface area (Å²) in [4.78, 5) is 17.1.